The summed E-state index contributed by atoms with van der Waals surface area (Å²) >= 11 is 1.72. The molecule has 0 fully saturated rings. The number of anilines is 1. The first-order valence-electron chi connectivity index (χ1n) is 10.8. The van der Waals surface area contributed by atoms with Crippen LogP contribution in [0.15, 0.2) is 24.3 Å². The summed E-state index contributed by atoms with van der Waals surface area (Å²) in [5.41, 5.74) is 1.10. The van der Waals surface area contributed by atoms with Gasteiger partial charge in [0.15, 0.2) is 11.5 Å². The van der Waals surface area contributed by atoms with Crippen molar-refractivity contribution in [3.63, 3.8) is 0 Å². The third-order valence-electron chi connectivity index (χ3n) is 5.28. The first-order chi connectivity index (χ1) is 15.1. The van der Waals surface area contributed by atoms with Crippen molar-refractivity contribution < 1.29 is 19.4 Å². The number of aryl methyl sites for hydroxylation is 2. The Morgan fingerprint density at radius 3 is 2.81 bits per heavy atom. The van der Waals surface area contributed by atoms with E-state index in [2.05, 4.69) is 18.3 Å². The average molecular weight is 442 g/mol. The van der Waals surface area contributed by atoms with Crippen molar-refractivity contribution in [3.8, 4) is 11.5 Å². The van der Waals surface area contributed by atoms with Crippen LogP contribution in [-0.2, 0) is 24.2 Å². The molecular formula is C23H27N3O4S. The summed E-state index contributed by atoms with van der Waals surface area (Å²) < 4.78 is 10.9. The van der Waals surface area contributed by atoms with Gasteiger partial charge in [-0.25, -0.2) is 9.97 Å². The molecule has 2 N–H and O–H groups in total. The molecule has 4 rings (SSSR count). The van der Waals surface area contributed by atoms with Crippen molar-refractivity contribution in [2.45, 2.75) is 58.4 Å². The van der Waals surface area contributed by atoms with Crippen LogP contribution in [0.3, 0.4) is 0 Å². The second-order valence-electron chi connectivity index (χ2n) is 7.62. The summed E-state index contributed by atoms with van der Waals surface area (Å²) in [5.74, 6) is 2.53. The molecule has 0 atom stereocenters. The molecule has 3 heterocycles. The summed E-state index contributed by atoms with van der Waals surface area (Å²) in [5, 5.41) is 13.3. The lowest BCUT2D eigenvalue weighted by atomic mass is 10.1. The zero-order valence-corrected chi connectivity index (χ0v) is 18.5. The number of carbonyl (C=O) groups is 1. The van der Waals surface area contributed by atoms with Gasteiger partial charge in [-0.05, 0) is 43.0 Å². The van der Waals surface area contributed by atoms with Crippen LogP contribution >= 0.6 is 11.3 Å². The first-order valence-corrected chi connectivity index (χ1v) is 11.6. The number of hydrogen-bond acceptors (Lipinski definition) is 7. The number of carboxylic acid groups (broad SMARTS) is 1. The molecule has 0 amide bonds. The maximum absolute atomic E-state index is 10.6. The van der Waals surface area contributed by atoms with E-state index in [-0.39, 0.29) is 13.2 Å². The van der Waals surface area contributed by atoms with E-state index in [4.69, 9.17) is 24.5 Å². The maximum atomic E-state index is 10.6. The number of nitrogens with zero attached hydrogens (tertiary/aromatic N) is 2. The number of aliphatic carboxylic acids is 1. The number of benzene rings is 1. The van der Waals surface area contributed by atoms with E-state index in [1.54, 1.807) is 11.3 Å². The molecule has 0 saturated carbocycles. The van der Waals surface area contributed by atoms with Gasteiger partial charge in [-0.2, -0.15) is 0 Å². The highest BCUT2D eigenvalue weighted by Gasteiger charge is 2.15. The highest BCUT2D eigenvalue weighted by molar-refractivity contribution is 7.18. The summed E-state index contributed by atoms with van der Waals surface area (Å²) in [6.45, 7) is 3.05. The smallest absolute Gasteiger partial charge is 0.303 e. The molecule has 0 aliphatic carbocycles. The van der Waals surface area contributed by atoms with Gasteiger partial charge in [0.2, 0.25) is 6.79 Å². The Hall–Kier alpha value is -2.87. The minimum absolute atomic E-state index is 0.241. The molecule has 2 aromatic heterocycles. The lowest BCUT2D eigenvalue weighted by Crippen LogP contribution is -2.05. The highest BCUT2D eigenvalue weighted by atomic mass is 32.1. The monoisotopic (exact) mass is 441 g/mol. The predicted octanol–water partition coefficient (Wildman–Crippen LogP) is 5.17. The molecule has 3 aromatic rings. The third-order valence-corrected chi connectivity index (χ3v) is 6.45. The number of fused-ring (bicyclic) bond motifs is 2. The molecule has 8 heteroatoms. The Balaban J connectivity index is 1.44. The summed E-state index contributed by atoms with van der Waals surface area (Å²) in [6, 6.07) is 8.14. The Kier molecular flexibility index (Phi) is 6.86. The van der Waals surface area contributed by atoms with Gasteiger partial charge in [0.25, 0.3) is 0 Å². The van der Waals surface area contributed by atoms with Crippen LogP contribution in [0.2, 0.25) is 0 Å². The van der Waals surface area contributed by atoms with Gasteiger partial charge >= 0.3 is 5.97 Å². The maximum Gasteiger partial charge on any atom is 0.303 e. The molecule has 0 unspecified atom stereocenters. The summed E-state index contributed by atoms with van der Waals surface area (Å²) in [4.78, 5) is 22.5. The Bertz CT molecular complexity index is 1070. The molecule has 1 aliphatic rings. The fraction of sp³-hybridized carbons (Fsp3) is 0.435. The molecule has 0 spiro atoms. The van der Waals surface area contributed by atoms with Crippen molar-refractivity contribution in [3.05, 3.63) is 40.5 Å². The fourth-order valence-electron chi connectivity index (χ4n) is 3.59. The minimum atomic E-state index is -0.726. The largest absolute Gasteiger partial charge is 0.481 e. The molecule has 0 bridgehead atoms. The van der Waals surface area contributed by atoms with Gasteiger partial charge in [0, 0.05) is 24.3 Å². The molecule has 164 valence electrons. The second-order valence-corrected chi connectivity index (χ2v) is 8.74. The zero-order chi connectivity index (χ0) is 21.6. The number of ether oxygens (including phenoxy) is 2. The molecular weight excluding hydrogens is 414 g/mol. The van der Waals surface area contributed by atoms with Crippen LogP contribution < -0.4 is 14.8 Å². The molecule has 0 radical (unpaired) electrons. The van der Waals surface area contributed by atoms with E-state index in [0.29, 0.717) is 6.54 Å². The van der Waals surface area contributed by atoms with Gasteiger partial charge in [-0.1, -0.05) is 25.8 Å². The molecule has 7 nitrogen and oxygen atoms in total. The van der Waals surface area contributed by atoms with Gasteiger partial charge in [0.05, 0.1) is 5.39 Å². The lowest BCUT2D eigenvalue weighted by molar-refractivity contribution is -0.137. The number of unbranched alkanes of at least 4 members (excludes halogenated alkanes) is 3. The Labute approximate surface area is 185 Å². The van der Waals surface area contributed by atoms with Crippen molar-refractivity contribution >= 4 is 33.3 Å². The fourth-order valence-corrected chi connectivity index (χ4v) is 4.57. The SMILES string of the molecule is CCc1cc2c(NCc3ccc4c(c3)OCO4)nc(CCCCCCC(=O)O)nc2s1. The van der Waals surface area contributed by atoms with E-state index in [0.717, 1.165) is 77.4 Å². The zero-order valence-electron chi connectivity index (χ0n) is 17.6. The predicted molar refractivity (Wildman–Crippen MR) is 121 cm³/mol. The lowest BCUT2D eigenvalue weighted by Gasteiger charge is -2.10. The Morgan fingerprint density at radius 2 is 1.97 bits per heavy atom. The number of carboxylic acids is 1. The van der Waals surface area contributed by atoms with E-state index >= 15 is 0 Å². The second kappa shape index (κ2) is 9.96. The van der Waals surface area contributed by atoms with Crippen molar-refractivity contribution in [2.24, 2.45) is 0 Å². The van der Waals surface area contributed by atoms with E-state index in [1.807, 2.05) is 18.2 Å². The van der Waals surface area contributed by atoms with Gasteiger partial charge in [0.1, 0.15) is 16.5 Å². The van der Waals surface area contributed by atoms with Crippen LogP contribution in [0.25, 0.3) is 10.2 Å². The van der Waals surface area contributed by atoms with Crippen molar-refractivity contribution in [1.29, 1.82) is 0 Å². The van der Waals surface area contributed by atoms with Crippen LogP contribution in [-0.4, -0.2) is 27.8 Å². The number of hydrogen-bond donors (Lipinski definition) is 2. The van der Waals surface area contributed by atoms with Crippen molar-refractivity contribution in [2.75, 3.05) is 12.1 Å². The van der Waals surface area contributed by atoms with Gasteiger partial charge in [-0.15, -0.1) is 11.3 Å². The summed E-state index contributed by atoms with van der Waals surface area (Å²) in [7, 11) is 0. The van der Waals surface area contributed by atoms with Crippen LogP contribution in [0.4, 0.5) is 5.82 Å². The molecule has 31 heavy (non-hydrogen) atoms. The van der Waals surface area contributed by atoms with Crippen LogP contribution in [0.1, 0.15) is 55.3 Å². The Morgan fingerprint density at radius 1 is 1.13 bits per heavy atom. The van der Waals surface area contributed by atoms with E-state index in [1.165, 1.54) is 4.88 Å². The van der Waals surface area contributed by atoms with E-state index in [9.17, 15) is 4.79 Å². The van der Waals surface area contributed by atoms with Gasteiger partial charge in [-0.3, -0.25) is 4.79 Å². The number of nitrogens with one attached hydrogen (secondary N) is 1. The highest BCUT2D eigenvalue weighted by Crippen LogP contribution is 2.33. The van der Waals surface area contributed by atoms with Crippen molar-refractivity contribution in [1.82, 2.24) is 9.97 Å². The number of thiophene rings is 1. The minimum Gasteiger partial charge on any atom is -0.481 e. The normalized spacial score (nSPS) is 12.4. The van der Waals surface area contributed by atoms with E-state index < -0.39 is 5.97 Å². The quantitative estimate of drug-likeness (QED) is 0.396. The first kappa shape index (κ1) is 21.4. The average Bonchev–Trinajstić information content (AvgIpc) is 3.40. The third kappa shape index (κ3) is 5.44. The van der Waals surface area contributed by atoms with Gasteiger partial charge < -0.3 is 19.9 Å². The summed E-state index contributed by atoms with van der Waals surface area (Å²) in [6.07, 6.45) is 5.59. The standard InChI is InChI=1S/C23H27N3O4S/c1-2-16-12-17-22(24-13-15-9-10-18-19(11-15)30-14-29-18)25-20(26-23(17)31-16)7-5-3-4-6-8-21(27)28/h9-12H,2-8,13-14H2,1H3,(H,27,28)(H,24,25,26). The number of rotatable bonds is 11. The molecule has 1 aromatic carbocycles. The topological polar surface area (TPSA) is 93.6 Å². The molecule has 0 saturated heterocycles. The van der Waals surface area contributed by atoms with Crippen LogP contribution in [0.5, 0.6) is 11.5 Å². The number of aromatic nitrogens is 2. The molecule has 1 aliphatic heterocycles. The van der Waals surface area contributed by atoms with Crippen LogP contribution in [0, 0.1) is 0 Å².